The van der Waals surface area contributed by atoms with Gasteiger partial charge in [0.1, 0.15) is 34.2 Å². The molecule has 0 aliphatic rings. The second-order valence-electron chi connectivity index (χ2n) is 6.56. The molecule has 0 aliphatic carbocycles. The molecule has 0 saturated heterocycles. The maximum atomic E-state index is 12.7. The van der Waals surface area contributed by atoms with Gasteiger partial charge in [-0.1, -0.05) is 6.07 Å². The highest BCUT2D eigenvalue weighted by molar-refractivity contribution is 7.93. The van der Waals surface area contributed by atoms with Crippen LogP contribution in [-0.4, -0.2) is 58.2 Å². The smallest absolute Gasteiger partial charge is 0.320 e. The summed E-state index contributed by atoms with van der Waals surface area (Å²) in [6, 6.07) is 7.92. The van der Waals surface area contributed by atoms with E-state index in [0.29, 0.717) is 28.4 Å². The van der Waals surface area contributed by atoms with Crippen LogP contribution in [0.15, 0.2) is 35.7 Å². The minimum absolute atomic E-state index is 0.0516. The first-order chi connectivity index (χ1) is 15.6. The molecule has 0 aromatic heterocycles. The Labute approximate surface area is 195 Å². The first-order valence-corrected chi connectivity index (χ1v) is 12.4. The van der Waals surface area contributed by atoms with Crippen LogP contribution < -0.4 is 23.7 Å². The summed E-state index contributed by atoms with van der Waals surface area (Å²) in [5.74, 6) is -0.846. The van der Waals surface area contributed by atoms with E-state index >= 15 is 0 Å². The number of hydrogen-bond donors (Lipinski definition) is 2. The van der Waals surface area contributed by atoms with Crippen molar-refractivity contribution in [2.75, 3.05) is 38.9 Å². The number of aliphatic carboxylic acids is 1. The zero-order valence-electron chi connectivity index (χ0n) is 18.5. The van der Waals surface area contributed by atoms with E-state index in [-0.39, 0.29) is 17.2 Å². The highest BCUT2D eigenvalue weighted by atomic mass is 32.2. The fourth-order valence-electron chi connectivity index (χ4n) is 2.84. The van der Waals surface area contributed by atoms with Gasteiger partial charge in [0.05, 0.1) is 39.7 Å². The number of methoxy groups -OCH3 is 4. The zero-order valence-corrected chi connectivity index (χ0v) is 20.1. The molecule has 2 aromatic carbocycles. The molecule has 12 heteroatoms. The normalized spacial score (nSPS) is 12.3. The molecule has 2 N–H and O–H groups in total. The van der Waals surface area contributed by atoms with Crippen LogP contribution in [0.5, 0.6) is 23.0 Å². The van der Waals surface area contributed by atoms with Crippen molar-refractivity contribution in [3.8, 4) is 23.0 Å². The average molecular weight is 500 g/mol. The van der Waals surface area contributed by atoms with E-state index < -0.39 is 32.9 Å². The SMILES string of the molecule is COc1cc(OC)c(C=C[S+]([O-])Cc2ccc(OC)c(NS(=O)(=O)CC(=O)O)c2)c(OC)c1. The predicted octanol–water partition coefficient (Wildman–Crippen LogP) is 2.47. The van der Waals surface area contributed by atoms with Gasteiger partial charge in [0, 0.05) is 23.8 Å². The topological polar surface area (TPSA) is 143 Å². The minimum Gasteiger partial charge on any atom is -0.612 e. The molecule has 180 valence electrons. The van der Waals surface area contributed by atoms with E-state index in [4.69, 9.17) is 24.1 Å². The summed E-state index contributed by atoms with van der Waals surface area (Å²) in [5, 5.41) is 10.2. The molecule has 2 rings (SSSR count). The van der Waals surface area contributed by atoms with Crippen molar-refractivity contribution < 1.29 is 41.8 Å². The van der Waals surface area contributed by atoms with Crippen LogP contribution in [0.3, 0.4) is 0 Å². The number of carboxylic acid groups (broad SMARTS) is 1. The number of sulfonamides is 1. The van der Waals surface area contributed by atoms with Gasteiger partial charge in [-0.2, -0.15) is 0 Å². The molecule has 0 bridgehead atoms. The molecule has 0 saturated carbocycles. The van der Waals surface area contributed by atoms with Gasteiger partial charge in [-0.05, 0) is 23.3 Å². The Balaban J connectivity index is 2.25. The second-order valence-corrected chi connectivity index (χ2v) is 9.61. The van der Waals surface area contributed by atoms with Crippen molar-refractivity contribution in [1.82, 2.24) is 0 Å². The molecule has 0 spiro atoms. The lowest BCUT2D eigenvalue weighted by atomic mass is 10.1. The van der Waals surface area contributed by atoms with Gasteiger partial charge in [0.15, 0.2) is 5.75 Å². The number of rotatable bonds is 12. The molecule has 0 heterocycles. The van der Waals surface area contributed by atoms with Crippen molar-refractivity contribution in [3.63, 3.8) is 0 Å². The Morgan fingerprint density at radius 2 is 1.64 bits per heavy atom. The van der Waals surface area contributed by atoms with E-state index in [1.165, 1.54) is 46.0 Å². The summed E-state index contributed by atoms with van der Waals surface area (Å²) < 4.78 is 59.9. The van der Waals surface area contributed by atoms with E-state index in [1.54, 1.807) is 24.3 Å². The van der Waals surface area contributed by atoms with E-state index in [2.05, 4.69) is 4.72 Å². The molecule has 0 radical (unpaired) electrons. The number of benzene rings is 2. The van der Waals surface area contributed by atoms with Crippen LogP contribution in [0.2, 0.25) is 0 Å². The van der Waals surface area contributed by atoms with Gasteiger partial charge in [-0.3, -0.25) is 9.52 Å². The predicted molar refractivity (Wildman–Crippen MR) is 125 cm³/mol. The Kier molecular flexibility index (Phi) is 9.26. The molecule has 33 heavy (non-hydrogen) atoms. The lowest BCUT2D eigenvalue weighted by Gasteiger charge is -2.14. The summed E-state index contributed by atoms with van der Waals surface area (Å²) >= 11 is -1.48. The summed E-state index contributed by atoms with van der Waals surface area (Å²) in [5.41, 5.74) is 1.17. The fraction of sp³-hybridized carbons (Fsp3) is 0.286. The number of carbonyl (C=O) groups is 1. The Bertz CT molecular complexity index is 1090. The maximum Gasteiger partial charge on any atom is 0.320 e. The molecule has 1 unspecified atom stereocenters. The van der Waals surface area contributed by atoms with Gasteiger partial charge in [-0.25, -0.2) is 8.42 Å². The van der Waals surface area contributed by atoms with Crippen molar-refractivity contribution in [2.24, 2.45) is 0 Å². The molecule has 0 fully saturated rings. The summed E-state index contributed by atoms with van der Waals surface area (Å²) in [6.07, 6.45) is 1.60. The summed E-state index contributed by atoms with van der Waals surface area (Å²) in [4.78, 5) is 10.8. The largest absolute Gasteiger partial charge is 0.612 e. The molecular weight excluding hydrogens is 474 g/mol. The van der Waals surface area contributed by atoms with Gasteiger partial charge >= 0.3 is 5.97 Å². The lowest BCUT2D eigenvalue weighted by molar-refractivity contribution is -0.134. The van der Waals surface area contributed by atoms with E-state index in [1.807, 2.05) is 0 Å². The average Bonchev–Trinajstić information content (AvgIpc) is 2.75. The quantitative estimate of drug-likeness (QED) is 0.421. The monoisotopic (exact) mass is 499 g/mol. The Hall–Kier alpha value is -3.09. The first-order valence-electron chi connectivity index (χ1n) is 9.37. The third kappa shape index (κ3) is 7.48. The van der Waals surface area contributed by atoms with E-state index in [9.17, 15) is 17.8 Å². The third-order valence-corrected chi connectivity index (χ3v) is 6.51. The van der Waals surface area contributed by atoms with Crippen LogP contribution in [0.4, 0.5) is 5.69 Å². The number of anilines is 1. The zero-order chi connectivity index (χ0) is 24.6. The first kappa shape index (κ1) is 26.2. The van der Waals surface area contributed by atoms with Crippen molar-refractivity contribution in [3.05, 3.63) is 46.9 Å². The van der Waals surface area contributed by atoms with Crippen molar-refractivity contribution >= 4 is 38.9 Å². The summed E-state index contributed by atoms with van der Waals surface area (Å²) in [6.45, 7) is 0. The molecule has 2 aromatic rings. The highest BCUT2D eigenvalue weighted by Crippen LogP contribution is 2.35. The van der Waals surface area contributed by atoms with Crippen molar-refractivity contribution in [2.45, 2.75) is 5.75 Å². The third-order valence-electron chi connectivity index (χ3n) is 4.29. The van der Waals surface area contributed by atoms with E-state index in [0.717, 1.165) is 0 Å². The van der Waals surface area contributed by atoms with Gasteiger partial charge in [0.25, 0.3) is 0 Å². The Morgan fingerprint density at radius 3 is 2.15 bits per heavy atom. The van der Waals surface area contributed by atoms with Crippen molar-refractivity contribution in [1.29, 1.82) is 0 Å². The number of ether oxygens (including phenoxy) is 4. The van der Waals surface area contributed by atoms with Crippen LogP contribution in [-0.2, 0) is 31.7 Å². The molecule has 10 nitrogen and oxygen atoms in total. The molecular formula is C21H25NO9S2. The van der Waals surface area contributed by atoms with Crippen LogP contribution in [0, 0.1) is 0 Å². The maximum absolute atomic E-state index is 12.7. The van der Waals surface area contributed by atoms with Crippen LogP contribution in [0.1, 0.15) is 11.1 Å². The van der Waals surface area contributed by atoms with Crippen LogP contribution >= 0.6 is 0 Å². The fourth-order valence-corrected chi connectivity index (χ4v) is 4.63. The Morgan fingerprint density at radius 1 is 1.03 bits per heavy atom. The number of nitrogens with one attached hydrogen (secondary N) is 1. The minimum atomic E-state index is -4.14. The number of hydrogen-bond acceptors (Lipinski definition) is 8. The van der Waals surface area contributed by atoms with Gasteiger partial charge in [0.2, 0.25) is 10.0 Å². The lowest BCUT2D eigenvalue weighted by Crippen LogP contribution is -2.22. The van der Waals surface area contributed by atoms with Crippen LogP contribution in [0.25, 0.3) is 6.08 Å². The molecule has 0 aliphatic heterocycles. The summed E-state index contributed by atoms with van der Waals surface area (Å²) in [7, 11) is 1.71. The highest BCUT2D eigenvalue weighted by Gasteiger charge is 2.19. The second kappa shape index (κ2) is 11.7. The van der Waals surface area contributed by atoms with Gasteiger partial charge in [-0.15, -0.1) is 0 Å². The molecule has 1 atom stereocenters. The van der Waals surface area contributed by atoms with Gasteiger partial charge < -0.3 is 28.6 Å². The standard InChI is InChI=1S/C21H25NO9S2/c1-28-15-10-19(30-3)16(20(11-15)31-4)7-8-32(25)12-14-5-6-18(29-2)17(9-14)22-33(26,27)13-21(23)24/h5-11,22H,12-13H2,1-4H3,(H,23,24). The molecule has 0 amide bonds. The number of carboxylic acids is 1.